The molecule has 49 heavy (non-hydrogen) atoms. The van der Waals surface area contributed by atoms with Crippen molar-refractivity contribution in [2.45, 2.75) is 65.1 Å². The predicted octanol–water partition coefficient (Wildman–Crippen LogP) is 8.54. The fourth-order valence-corrected chi connectivity index (χ4v) is 6.09. The summed E-state index contributed by atoms with van der Waals surface area (Å²) in [5, 5.41) is 8.82. The lowest BCUT2D eigenvalue weighted by molar-refractivity contribution is 0.102. The van der Waals surface area contributed by atoms with Crippen molar-refractivity contribution in [3.63, 3.8) is 0 Å². The molecule has 1 saturated heterocycles. The lowest BCUT2D eigenvalue weighted by Gasteiger charge is -2.38. The number of hydrogen-bond donors (Lipinski definition) is 3. The Bertz CT molecular complexity index is 1630. The highest BCUT2D eigenvalue weighted by atomic mass is 16.5. The minimum Gasteiger partial charge on any atom is -0.490 e. The highest BCUT2D eigenvalue weighted by Gasteiger charge is 2.23. The van der Waals surface area contributed by atoms with Gasteiger partial charge >= 0.3 is 6.03 Å². The van der Waals surface area contributed by atoms with Gasteiger partial charge in [-0.3, -0.25) is 9.69 Å². The van der Waals surface area contributed by atoms with E-state index in [1.807, 2.05) is 45.0 Å². The summed E-state index contributed by atoms with van der Waals surface area (Å²) in [4.78, 5) is 30.3. The molecule has 0 aromatic heterocycles. The number of carbonyl (C=O) groups excluding carboxylic acids is 2. The number of anilines is 3. The van der Waals surface area contributed by atoms with E-state index in [0.717, 1.165) is 51.0 Å². The van der Waals surface area contributed by atoms with E-state index in [2.05, 4.69) is 63.1 Å². The van der Waals surface area contributed by atoms with Gasteiger partial charge in [-0.05, 0) is 98.8 Å². The molecule has 1 aliphatic heterocycles. The van der Waals surface area contributed by atoms with Crippen LogP contribution in [-0.2, 0) is 6.54 Å². The van der Waals surface area contributed by atoms with E-state index in [1.54, 1.807) is 42.5 Å². The molecule has 0 atom stereocenters. The number of nitrogens with one attached hydrogen (secondary N) is 3. The van der Waals surface area contributed by atoms with Crippen LogP contribution in [0.5, 0.6) is 17.2 Å². The van der Waals surface area contributed by atoms with Crippen LogP contribution in [0, 0.1) is 0 Å². The van der Waals surface area contributed by atoms with E-state index in [4.69, 9.17) is 9.47 Å². The van der Waals surface area contributed by atoms with Crippen molar-refractivity contribution in [1.29, 1.82) is 0 Å². The third kappa shape index (κ3) is 9.99. The molecule has 0 spiro atoms. The molecule has 9 nitrogen and oxygen atoms in total. The lowest BCUT2D eigenvalue weighted by atomic mass is 10.0. The number of nitrogens with zero attached hydrogens (tertiary/aromatic N) is 2. The Balaban J connectivity index is 1.12. The standard InChI is InChI=1S/C40H49N5O4/c1-5-31(6-2)42-40(47)43-33-17-22-37(38(27-33)48-7-3)49-36-20-15-32(16-21-36)41-39(46)30-13-18-34(19-14-30)44(4)35-23-25-45(26-24-35)28-29-11-9-8-10-12-29/h8-22,27,31,35H,5-7,23-26,28H2,1-4H3,(H,41,46)(H2,42,43,47). The Labute approximate surface area is 290 Å². The first-order valence-corrected chi connectivity index (χ1v) is 17.4. The molecule has 4 aromatic carbocycles. The molecule has 3 N–H and O–H groups in total. The second kappa shape index (κ2) is 17.4. The zero-order valence-electron chi connectivity index (χ0n) is 29.1. The molecule has 1 fully saturated rings. The van der Waals surface area contributed by atoms with Crippen LogP contribution >= 0.6 is 0 Å². The van der Waals surface area contributed by atoms with Crippen molar-refractivity contribution in [3.05, 3.63) is 108 Å². The predicted molar refractivity (Wildman–Crippen MR) is 198 cm³/mol. The molecular weight excluding hydrogens is 614 g/mol. The van der Waals surface area contributed by atoms with Crippen molar-refractivity contribution >= 4 is 29.0 Å². The van der Waals surface area contributed by atoms with Crippen LogP contribution < -0.4 is 30.3 Å². The van der Waals surface area contributed by atoms with Gasteiger partial charge in [-0.25, -0.2) is 4.79 Å². The van der Waals surface area contributed by atoms with Crippen LogP contribution in [0.2, 0.25) is 0 Å². The first kappa shape index (κ1) is 35.3. The molecule has 9 heteroatoms. The molecule has 0 bridgehead atoms. The molecule has 5 rings (SSSR count). The van der Waals surface area contributed by atoms with E-state index < -0.39 is 0 Å². The van der Waals surface area contributed by atoms with Crippen LogP contribution in [-0.4, -0.2) is 55.7 Å². The number of ether oxygens (including phenoxy) is 2. The zero-order valence-corrected chi connectivity index (χ0v) is 29.1. The van der Waals surface area contributed by atoms with Crippen LogP contribution in [0.1, 0.15) is 62.4 Å². The van der Waals surface area contributed by atoms with Gasteiger partial charge in [-0.2, -0.15) is 0 Å². The average Bonchev–Trinajstić information content (AvgIpc) is 3.13. The number of carbonyl (C=O) groups is 2. The van der Waals surface area contributed by atoms with E-state index in [-0.39, 0.29) is 18.0 Å². The van der Waals surface area contributed by atoms with Crippen molar-refractivity contribution in [2.75, 3.05) is 42.3 Å². The van der Waals surface area contributed by atoms with Crippen molar-refractivity contribution in [1.82, 2.24) is 10.2 Å². The third-order valence-corrected chi connectivity index (χ3v) is 9.05. The molecule has 258 valence electrons. The van der Waals surface area contributed by atoms with Crippen molar-refractivity contribution in [2.24, 2.45) is 0 Å². The largest absolute Gasteiger partial charge is 0.490 e. The molecule has 3 amide bonds. The number of hydrogen-bond acceptors (Lipinski definition) is 6. The first-order chi connectivity index (χ1) is 23.8. The van der Waals surface area contributed by atoms with Gasteiger partial charge in [0.05, 0.1) is 6.61 Å². The third-order valence-electron chi connectivity index (χ3n) is 9.05. The van der Waals surface area contributed by atoms with E-state index in [1.165, 1.54) is 5.56 Å². The smallest absolute Gasteiger partial charge is 0.319 e. The van der Waals surface area contributed by atoms with Crippen molar-refractivity contribution < 1.29 is 19.1 Å². The molecule has 0 unspecified atom stereocenters. The SMILES string of the molecule is CCOc1cc(NC(=O)NC(CC)CC)ccc1Oc1ccc(NC(=O)c2ccc(N(C)C3CCN(Cc4ccccc4)CC3)cc2)cc1. The molecule has 1 aliphatic rings. The van der Waals surface area contributed by atoms with E-state index in [9.17, 15) is 9.59 Å². The quantitative estimate of drug-likeness (QED) is 0.125. The number of rotatable bonds is 14. The Morgan fingerprint density at radius 1 is 0.816 bits per heavy atom. The topological polar surface area (TPSA) is 95.2 Å². The highest BCUT2D eigenvalue weighted by molar-refractivity contribution is 6.04. The maximum Gasteiger partial charge on any atom is 0.319 e. The normalized spacial score (nSPS) is 13.5. The average molecular weight is 664 g/mol. The number of amides is 3. The maximum atomic E-state index is 13.1. The Morgan fingerprint density at radius 2 is 1.49 bits per heavy atom. The minimum atomic E-state index is -0.253. The van der Waals surface area contributed by atoms with Gasteiger partial charge in [0.25, 0.3) is 5.91 Å². The minimum absolute atomic E-state index is 0.124. The summed E-state index contributed by atoms with van der Waals surface area (Å²) in [6, 6.07) is 31.3. The van der Waals surface area contributed by atoms with E-state index >= 15 is 0 Å². The van der Waals surface area contributed by atoms with Gasteiger partial charge in [0.1, 0.15) is 5.75 Å². The molecule has 0 radical (unpaired) electrons. The summed E-state index contributed by atoms with van der Waals surface area (Å²) in [5.41, 5.74) is 4.34. The van der Waals surface area contributed by atoms with Gasteiger partial charge in [0, 0.05) is 67.5 Å². The number of benzene rings is 4. The van der Waals surface area contributed by atoms with Gasteiger partial charge in [0.15, 0.2) is 11.5 Å². The zero-order chi connectivity index (χ0) is 34.6. The highest BCUT2D eigenvalue weighted by Crippen LogP contribution is 2.35. The Kier molecular flexibility index (Phi) is 12.5. The number of piperidine rings is 1. The van der Waals surface area contributed by atoms with Crippen LogP contribution in [0.3, 0.4) is 0 Å². The summed E-state index contributed by atoms with van der Waals surface area (Å²) in [6.45, 7) is 9.57. The Morgan fingerprint density at radius 3 is 2.14 bits per heavy atom. The van der Waals surface area contributed by atoms with Crippen LogP contribution in [0.15, 0.2) is 97.1 Å². The van der Waals surface area contributed by atoms with E-state index in [0.29, 0.717) is 46.8 Å². The lowest BCUT2D eigenvalue weighted by Crippen LogP contribution is -2.43. The van der Waals surface area contributed by atoms with Gasteiger partial charge in [0.2, 0.25) is 0 Å². The summed E-state index contributed by atoms with van der Waals surface area (Å²) in [6.07, 6.45) is 3.95. The molecule has 4 aromatic rings. The summed E-state index contributed by atoms with van der Waals surface area (Å²) >= 11 is 0. The van der Waals surface area contributed by atoms with Gasteiger partial charge in [-0.15, -0.1) is 0 Å². The Hall–Kier alpha value is -5.02. The number of likely N-dealkylation sites (tertiary alicyclic amines) is 1. The fraction of sp³-hybridized carbons (Fsp3) is 0.350. The summed E-state index contributed by atoms with van der Waals surface area (Å²) < 4.78 is 11.9. The fourth-order valence-electron chi connectivity index (χ4n) is 6.09. The van der Waals surface area contributed by atoms with Crippen LogP contribution in [0.4, 0.5) is 21.9 Å². The summed E-state index contributed by atoms with van der Waals surface area (Å²) in [5.74, 6) is 1.45. The van der Waals surface area contributed by atoms with Crippen molar-refractivity contribution in [3.8, 4) is 17.2 Å². The monoisotopic (exact) mass is 663 g/mol. The second-order valence-corrected chi connectivity index (χ2v) is 12.4. The van der Waals surface area contributed by atoms with Gasteiger partial charge in [-0.1, -0.05) is 44.2 Å². The molecule has 1 heterocycles. The first-order valence-electron chi connectivity index (χ1n) is 17.4. The molecular formula is C40H49N5O4. The molecule has 0 aliphatic carbocycles. The van der Waals surface area contributed by atoms with Crippen LogP contribution in [0.25, 0.3) is 0 Å². The molecule has 0 saturated carbocycles. The number of urea groups is 1. The maximum absolute atomic E-state index is 13.1. The van der Waals surface area contributed by atoms with Gasteiger partial charge < -0.3 is 30.3 Å². The second-order valence-electron chi connectivity index (χ2n) is 12.4. The summed E-state index contributed by atoms with van der Waals surface area (Å²) in [7, 11) is 2.15.